The summed E-state index contributed by atoms with van der Waals surface area (Å²) in [6.45, 7) is 2.48. The highest BCUT2D eigenvalue weighted by molar-refractivity contribution is 7.80. The molecule has 1 unspecified atom stereocenters. The topological polar surface area (TPSA) is 49.5 Å². The lowest BCUT2D eigenvalue weighted by molar-refractivity contribution is 0.187. The second-order valence-corrected chi connectivity index (χ2v) is 4.90. The minimum absolute atomic E-state index is 0.287. The van der Waals surface area contributed by atoms with Gasteiger partial charge in [0, 0.05) is 19.3 Å². The Hall–Kier alpha value is -0.840. The van der Waals surface area contributed by atoms with Crippen LogP contribution in [0.1, 0.15) is 18.9 Å². The maximum absolute atomic E-state index is 9.28. The van der Waals surface area contributed by atoms with Crippen molar-refractivity contribution in [1.82, 2.24) is 0 Å². The van der Waals surface area contributed by atoms with Gasteiger partial charge in [-0.25, -0.2) is 0 Å². The van der Waals surface area contributed by atoms with E-state index < -0.39 is 0 Å². The molecule has 17 heavy (non-hydrogen) atoms. The molecule has 5 heteroatoms. The van der Waals surface area contributed by atoms with Gasteiger partial charge in [-0.05, 0) is 25.5 Å². The van der Waals surface area contributed by atoms with E-state index in [1.165, 1.54) is 0 Å². The van der Waals surface area contributed by atoms with Crippen molar-refractivity contribution in [2.24, 2.45) is 5.73 Å². The molecule has 0 saturated carbocycles. The van der Waals surface area contributed by atoms with Crippen molar-refractivity contribution in [3.63, 3.8) is 0 Å². The summed E-state index contributed by atoms with van der Waals surface area (Å²) < 4.78 is 0. The fraction of sp³-hybridized carbons (Fsp3) is 0.417. The monoisotopic (exact) mass is 272 g/mol. The number of aliphatic hydroxyl groups excluding tert-OH is 1. The summed E-state index contributed by atoms with van der Waals surface area (Å²) in [6.07, 6.45) is 0.352. The molecular formula is C12H17ClN2OS. The van der Waals surface area contributed by atoms with Crippen LogP contribution in [0.5, 0.6) is 0 Å². The highest BCUT2D eigenvalue weighted by atomic mass is 35.5. The Labute approximate surface area is 112 Å². The average molecular weight is 273 g/mol. The summed E-state index contributed by atoms with van der Waals surface area (Å²) in [6, 6.07) is 5.54. The van der Waals surface area contributed by atoms with Crippen LogP contribution in [0.25, 0.3) is 0 Å². The maximum Gasteiger partial charge on any atom is 0.107 e. The summed E-state index contributed by atoms with van der Waals surface area (Å²) in [5, 5.41) is 9.83. The Bertz CT molecular complexity index is 409. The van der Waals surface area contributed by atoms with Crippen LogP contribution >= 0.6 is 23.8 Å². The summed E-state index contributed by atoms with van der Waals surface area (Å²) in [4.78, 5) is 2.28. The second kappa shape index (κ2) is 6.19. The normalized spacial score (nSPS) is 12.2. The van der Waals surface area contributed by atoms with Gasteiger partial charge in [-0.1, -0.05) is 29.9 Å². The molecule has 0 saturated heterocycles. The van der Waals surface area contributed by atoms with Crippen LogP contribution in [-0.2, 0) is 0 Å². The molecule has 3 N–H and O–H groups in total. The molecule has 0 aliphatic heterocycles. The van der Waals surface area contributed by atoms with Crippen molar-refractivity contribution >= 4 is 34.5 Å². The predicted octanol–water partition coefficient (Wildman–Crippen LogP) is 2.18. The Kier molecular flexibility index (Phi) is 5.18. The molecule has 0 fully saturated rings. The van der Waals surface area contributed by atoms with E-state index in [9.17, 15) is 5.11 Å². The summed E-state index contributed by atoms with van der Waals surface area (Å²) in [5.41, 5.74) is 7.27. The Morgan fingerprint density at radius 3 is 2.76 bits per heavy atom. The van der Waals surface area contributed by atoms with Gasteiger partial charge in [-0.3, -0.25) is 0 Å². The summed E-state index contributed by atoms with van der Waals surface area (Å²) in [7, 11) is 1.93. The maximum atomic E-state index is 9.28. The fourth-order valence-corrected chi connectivity index (χ4v) is 2.12. The Morgan fingerprint density at radius 1 is 1.59 bits per heavy atom. The zero-order chi connectivity index (χ0) is 13.0. The minimum Gasteiger partial charge on any atom is -0.393 e. The molecular weight excluding hydrogens is 256 g/mol. The van der Waals surface area contributed by atoms with Crippen molar-refractivity contribution < 1.29 is 5.11 Å². The highest BCUT2D eigenvalue weighted by Gasteiger charge is 2.13. The molecule has 0 heterocycles. The van der Waals surface area contributed by atoms with Gasteiger partial charge in [-0.15, -0.1) is 0 Å². The van der Waals surface area contributed by atoms with Crippen molar-refractivity contribution in [3.8, 4) is 0 Å². The number of hydrogen-bond donors (Lipinski definition) is 2. The van der Waals surface area contributed by atoms with Gasteiger partial charge in [0.05, 0.1) is 16.7 Å². The summed E-state index contributed by atoms with van der Waals surface area (Å²) >= 11 is 11.1. The lowest BCUT2D eigenvalue weighted by Crippen LogP contribution is -2.25. The predicted molar refractivity (Wildman–Crippen MR) is 76.9 cm³/mol. The number of rotatable bonds is 5. The van der Waals surface area contributed by atoms with Gasteiger partial charge < -0.3 is 15.7 Å². The van der Waals surface area contributed by atoms with Gasteiger partial charge in [0.1, 0.15) is 4.99 Å². The number of hydrogen-bond acceptors (Lipinski definition) is 3. The number of benzene rings is 1. The number of halogens is 1. The van der Waals surface area contributed by atoms with E-state index in [1.807, 2.05) is 24.1 Å². The number of thiocarbonyl (C=S) groups is 1. The molecule has 1 aromatic carbocycles. The molecule has 0 radical (unpaired) electrons. The number of anilines is 1. The Balaban J connectivity index is 2.96. The van der Waals surface area contributed by atoms with Crippen molar-refractivity contribution in [2.75, 3.05) is 18.5 Å². The number of aliphatic hydroxyl groups is 1. The quantitative estimate of drug-likeness (QED) is 0.807. The third kappa shape index (κ3) is 3.84. The standard InChI is InChI=1S/C12H17ClN2OS/c1-8(16)6-7-15(2)10-5-3-4-9(13)11(10)12(14)17/h3-5,8,16H,6-7H2,1-2H3,(H2,14,17). The third-order valence-electron chi connectivity index (χ3n) is 2.53. The van der Waals surface area contributed by atoms with E-state index in [0.29, 0.717) is 23.6 Å². The first-order valence-electron chi connectivity index (χ1n) is 5.41. The zero-order valence-electron chi connectivity index (χ0n) is 9.98. The second-order valence-electron chi connectivity index (χ2n) is 4.06. The molecule has 0 spiro atoms. The van der Waals surface area contributed by atoms with Gasteiger partial charge >= 0.3 is 0 Å². The van der Waals surface area contributed by atoms with Crippen LogP contribution < -0.4 is 10.6 Å². The fourth-order valence-electron chi connectivity index (χ4n) is 1.58. The van der Waals surface area contributed by atoms with Crippen molar-refractivity contribution in [1.29, 1.82) is 0 Å². The molecule has 0 aliphatic carbocycles. The SMILES string of the molecule is CC(O)CCN(C)c1cccc(Cl)c1C(N)=S. The van der Waals surface area contributed by atoms with Gasteiger partial charge in [0.25, 0.3) is 0 Å². The van der Waals surface area contributed by atoms with Crippen molar-refractivity contribution in [3.05, 3.63) is 28.8 Å². The van der Waals surface area contributed by atoms with Crippen LogP contribution in [0, 0.1) is 0 Å². The van der Waals surface area contributed by atoms with Crippen LogP contribution in [-0.4, -0.2) is 29.8 Å². The van der Waals surface area contributed by atoms with E-state index in [-0.39, 0.29) is 11.1 Å². The molecule has 0 aromatic heterocycles. The van der Waals surface area contributed by atoms with Gasteiger partial charge in [-0.2, -0.15) is 0 Å². The van der Waals surface area contributed by atoms with E-state index in [2.05, 4.69) is 0 Å². The zero-order valence-corrected chi connectivity index (χ0v) is 11.6. The van der Waals surface area contributed by atoms with Crippen LogP contribution in [0.2, 0.25) is 5.02 Å². The van der Waals surface area contributed by atoms with Crippen LogP contribution in [0.15, 0.2) is 18.2 Å². The van der Waals surface area contributed by atoms with Gasteiger partial charge in [0.15, 0.2) is 0 Å². The summed E-state index contributed by atoms with van der Waals surface area (Å²) in [5.74, 6) is 0. The molecule has 1 aromatic rings. The van der Waals surface area contributed by atoms with E-state index in [4.69, 9.17) is 29.6 Å². The van der Waals surface area contributed by atoms with Gasteiger partial charge in [0.2, 0.25) is 0 Å². The van der Waals surface area contributed by atoms with E-state index in [0.717, 1.165) is 5.69 Å². The molecule has 94 valence electrons. The molecule has 1 rings (SSSR count). The lowest BCUT2D eigenvalue weighted by Gasteiger charge is -2.23. The van der Waals surface area contributed by atoms with Crippen molar-refractivity contribution in [2.45, 2.75) is 19.4 Å². The largest absolute Gasteiger partial charge is 0.393 e. The van der Waals surface area contributed by atoms with E-state index in [1.54, 1.807) is 13.0 Å². The molecule has 3 nitrogen and oxygen atoms in total. The van der Waals surface area contributed by atoms with E-state index >= 15 is 0 Å². The van der Waals surface area contributed by atoms with Crippen LogP contribution in [0.3, 0.4) is 0 Å². The first-order valence-corrected chi connectivity index (χ1v) is 6.19. The average Bonchev–Trinajstić information content (AvgIpc) is 2.24. The molecule has 1 atom stereocenters. The Morgan fingerprint density at radius 2 is 2.24 bits per heavy atom. The molecule has 0 aliphatic rings. The van der Waals surface area contributed by atoms with Crippen LogP contribution in [0.4, 0.5) is 5.69 Å². The first kappa shape index (κ1) is 14.2. The lowest BCUT2D eigenvalue weighted by atomic mass is 10.1. The first-order chi connectivity index (χ1) is 7.93. The third-order valence-corrected chi connectivity index (χ3v) is 3.05. The minimum atomic E-state index is -0.329. The molecule has 0 amide bonds. The number of nitrogens with zero attached hydrogens (tertiary/aromatic N) is 1. The highest BCUT2D eigenvalue weighted by Crippen LogP contribution is 2.26. The molecule has 0 bridgehead atoms. The smallest absolute Gasteiger partial charge is 0.107 e. The number of nitrogens with two attached hydrogens (primary N) is 1.